The number of imide groups is 1. The maximum Gasteiger partial charge on any atom is 0.246 e. The summed E-state index contributed by atoms with van der Waals surface area (Å²) in [5, 5.41) is 2.77. The summed E-state index contributed by atoms with van der Waals surface area (Å²) in [4.78, 5) is 36.3. The first-order valence-electron chi connectivity index (χ1n) is 4.67. The van der Waals surface area contributed by atoms with E-state index >= 15 is 0 Å². The summed E-state index contributed by atoms with van der Waals surface area (Å²) in [5.74, 6) is -0.605. The molecule has 1 rings (SSSR count). The maximum atomic E-state index is 11.4. The number of hydrogen-bond acceptors (Lipinski definition) is 4. The summed E-state index contributed by atoms with van der Waals surface area (Å²) in [6, 6.07) is -0.550. The number of hydrogen-bond donors (Lipinski definition) is 1. The molecule has 6 heteroatoms. The highest BCUT2D eigenvalue weighted by Crippen LogP contribution is 2.09. The van der Waals surface area contributed by atoms with Gasteiger partial charge >= 0.3 is 0 Å². The molecule has 1 aliphatic heterocycles. The predicted octanol–water partition coefficient (Wildman–Crippen LogP) is -1.58. The van der Waals surface area contributed by atoms with Crippen molar-refractivity contribution in [3.63, 3.8) is 0 Å². The molecule has 1 unspecified atom stereocenters. The van der Waals surface area contributed by atoms with E-state index in [0.717, 1.165) is 4.90 Å². The number of nitrogens with one attached hydrogen (secondary N) is 1. The molecule has 1 fully saturated rings. The van der Waals surface area contributed by atoms with Gasteiger partial charge in [0.1, 0.15) is 0 Å². The lowest BCUT2D eigenvalue weighted by molar-refractivity contribution is -0.137. The van der Waals surface area contributed by atoms with Gasteiger partial charge in [-0.25, -0.2) is 0 Å². The minimum Gasteiger partial charge on any atom is -0.348 e. The molecule has 0 radical (unpaired) electrons. The molecule has 1 N–H and O–H groups in total. The molecule has 0 aromatic rings. The molecule has 15 heavy (non-hydrogen) atoms. The molecule has 1 atom stereocenters. The van der Waals surface area contributed by atoms with Crippen molar-refractivity contribution < 1.29 is 14.4 Å². The van der Waals surface area contributed by atoms with E-state index in [2.05, 4.69) is 5.32 Å². The van der Waals surface area contributed by atoms with Crippen molar-refractivity contribution in [3.8, 4) is 0 Å². The van der Waals surface area contributed by atoms with Crippen LogP contribution in [0.2, 0.25) is 0 Å². The van der Waals surface area contributed by atoms with Crippen molar-refractivity contribution in [2.75, 3.05) is 27.7 Å². The second kappa shape index (κ2) is 4.39. The van der Waals surface area contributed by atoms with Crippen molar-refractivity contribution in [1.29, 1.82) is 0 Å². The monoisotopic (exact) mass is 213 g/mol. The van der Waals surface area contributed by atoms with Gasteiger partial charge in [-0.2, -0.15) is 0 Å². The average Bonchev–Trinajstić information content (AvgIpc) is 2.42. The van der Waals surface area contributed by atoms with E-state index < -0.39 is 6.04 Å². The first kappa shape index (κ1) is 11.6. The molecule has 0 saturated carbocycles. The van der Waals surface area contributed by atoms with Gasteiger partial charge < -0.3 is 4.90 Å². The molecule has 3 amide bonds. The highest BCUT2D eigenvalue weighted by Gasteiger charge is 2.35. The highest BCUT2D eigenvalue weighted by molar-refractivity contribution is 6.05. The fraction of sp³-hybridized carbons (Fsp3) is 0.667. The minimum absolute atomic E-state index is 0.0739. The number of nitrogens with zero attached hydrogens (tertiary/aromatic N) is 2. The Morgan fingerprint density at radius 3 is 2.53 bits per heavy atom. The molecule has 1 aliphatic rings. The first-order valence-corrected chi connectivity index (χ1v) is 4.67. The maximum absolute atomic E-state index is 11.4. The molecule has 0 aliphatic carbocycles. The molecule has 6 nitrogen and oxygen atoms in total. The molecule has 0 spiro atoms. The summed E-state index contributed by atoms with van der Waals surface area (Å²) in [6.07, 6.45) is 0.135. The number of amides is 3. The smallest absolute Gasteiger partial charge is 0.246 e. The molecule has 0 aromatic heterocycles. The third kappa shape index (κ3) is 2.53. The Morgan fingerprint density at radius 1 is 1.53 bits per heavy atom. The highest BCUT2D eigenvalue weighted by atomic mass is 16.2. The summed E-state index contributed by atoms with van der Waals surface area (Å²) in [6.45, 7) is 0.0739. The van der Waals surface area contributed by atoms with Gasteiger partial charge in [0.25, 0.3) is 0 Å². The van der Waals surface area contributed by atoms with Crippen LogP contribution in [-0.4, -0.2) is 61.3 Å². The number of likely N-dealkylation sites (N-methyl/N-ethyl adjacent to an activating group) is 2. The van der Waals surface area contributed by atoms with Crippen LogP contribution in [0.3, 0.4) is 0 Å². The number of carbonyl (C=O) groups is 3. The third-order valence-electron chi connectivity index (χ3n) is 2.38. The van der Waals surface area contributed by atoms with Crippen molar-refractivity contribution in [3.05, 3.63) is 0 Å². The van der Waals surface area contributed by atoms with E-state index in [1.165, 1.54) is 11.9 Å². The van der Waals surface area contributed by atoms with Gasteiger partial charge in [0, 0.05) is 21.1 Å². The average molecular weight is 213 g/mol. The van der Waals surface area contributed by atoms with Gasteiger partial charge in [-0.15, -0.1) is 0 Å². The second-order valence-corrected chi connectivity index (χ2v) is 3.72. The normalized spacial score (nSPS) is 21.0. The van der Waals surface area contributed by atoms with E-state index in [1.54, 1.807) is 14.1 Å². The largest absolute Gasteiger partial charge is 0.348 e. The van der Waals surface area contributed by atoms with Gasteiger partial charge in [0.15, 0.2) is 0 Å². The number of rotatable bonds is 3. The third-order valence-corrected chi connectivity index (χ3v) is 2.38. The van der Waals surface area contributed by atoms with E-state index in [0.29, 0.717) is 0 Å². The van der Waals surface area contributed by atoms with Gasteiger partial charge in [-0.1, -0.05) is 0 Å². The summed E-state index contributed by atoms with van der Waals surface area (Å²) in [7, 11) is 4.72. The molecule has 84 valence electrons. The Labute approximate surface area is 88.2 Å². The Hall–Kier alpha value is -1.43. The molecule has 0 bridgehead atoms. The fourth-order valence-corrected chi connectivity index (χ4v) is 1.28. The minimum atomic E-state index is -0.550. The zero-order valence-electron chi connectivity index (χ0n) is 9.11. The lowest BCUT2D eigenvalue weighted by Crippen LogP contribution is -2.42. The van der Waals surface area contributed by atoms with Crippen LogP contribution in [0.15, 0.2) is 0 Å². The summed E-state index contributed by atoms with van der Waals surface area (Å²) >= 11 is 0. The van der Waals surface area contributed by atoms with E-state index in [4.69, 9.17) is 0 Å². The fourth-order valence-electron chi connectivity index (χ4n) is 1.28. The summed E-state index contributed by atoms with van der Waals surface area (Å²) < 4.78 is 0. The van der Waals surface area contributed by atoms with Crippen LogP contribution in [0.5, 0.6) is 0 Å². The van der Waals surface area contributed by atoms with E-state index in [-0.39, 0.29) is 30.7 Å². The van der Waals surface area contributed by atoms with Crippen LogP contribution in [0.4, 0.5) is 0 Å². The van der Waals surface area contributed by atoms with E-state index in [1.807, 2.05) is 0 Å². The van der Waals surface area contributed by atoms with Gasteiger partial charge in [-0.3, -0.25) is 24.6 Å². The van der Waals surface area contributed by atoms with Gasteiger partial charge in [0.05, 0.1) is 19.0 Å². The SMILES string of the molecule is CN(C)C(=O)CNC1CC(=O)N(C)C1=O. The van der Waals surface area contributed by atoms with E-state index in [9.17, 15) is 14.4 Å². The van der Waals surface area contributed by atoms with Crippen LogP contribution in [0.25, 0.3) is 0 Å². The van der Waals surface area contributed by atoms with Crippen LogP contribution in [0.1, 0.15) is 6.42 Å². The van der Waals surface area contributed by atoms with Crippen LogP contribution in [0, 0.1) is 0 Å². The molecule has 1 heterocycles. The van der Waals surface area contributed by atoms with Crippen LogP contribution >= 0.6 is 0 Å². The standard InChI is InChI=1S/C9H15N3O3/c1-11(2)8(14)5-10-6-4-7(13)12(3)9(6)15/h6,10H,4-5H2,1-3H3. The van der Waals surface area contributed by atoms with Crippen molar-refractivity contribution in [2.45, 2.75) is 12.5 Å². The number of carbonyl (C=O) groups excluding carboxylic acids is 3. The number of likely N-dealkylation sites (tertiary alicyclic amines) is 1. The molecule has 0 aromatic carbocycles. The lowest BCUT2D eigenvalue weighted by atomic mass is 10.2. The Bertz CT molecular complexity index is 301. The van der Waals surface area contributed by atoms with Gasteiger partial charge in [-0.05, 0) is 0 Å². The Balaban J connectivity index is 2.44. The lowest BCUT2D eigenvalue weighted by Gasteiger charge is -2.13. The van der Waals surface area contributed by atoms with Crippen molar-refractivity contribution in [1.82, 2.24) is 15.1 Å². The zero-order valence-corrected chi connectivity index (χ0v) is 9.11. The zero-order chi connectivity index (χ0) is 11.6. The topological polar surface area (TPSA) is 69.7 Å². The Morgan fingerprint density at radius 2 is 2.13 bits per heavy atom. The van der Waals surface area contributed by atoms with Crippen LogP contribution in [-0.2, 0) is 14.4 Å². The quantitative estimate of drug-likeness (QED) is 0.574. The Kier molecular flexibility index (Phi) is 3.41. The van der Waals surface area contributed by atoms with Gasteiger partial charge in [0.2, 0.25) is 17.7 Å². The summed E-state index contributed by atoms with van der Waals surface area (Å²) in [5.41, 5.74) is 0. The molecular weight excluding hydrogens is 198 g/mol. The predicted molar refractivity (Wildman–Crippen MR) is 52.9 cm³/mol. The molecular formula is C9H15N3O3. The first-order chi connectivity index (χ1) is 6.93. The van der Waals surface area contributed by atoms with Crippen molar-refractivity contribution >= 4 is 17.7 Å². The van der Waals surface area contributed by atoms with Crippen molar-refractivity contribution in [2.24, 2.45) is 0 Å². The molecule has 1 saturated heterocycles. The van der Waals surface area contributed by atoms with Crippen LogP contribution < -0.4 is 5.32 Å². The second-order valence-electron chi connectivity index (χ2n) is 3.72.